The number of pyridine rings is 1. The van der Waals surface area contributed by atoms with Crippen LogP contribution in [0.4, 0.5) is 11.6 Å². The monoisotopic (exact) mass is 328 g/mol. The Morgan fingerprint density at radius 1 is 1.26 bits per heavy atom. The number of aromatic nitrogens is 3. The molecule has 23 heavy (non-hydrogen) atoms. The summed E-state index contributed by atoms with van der Waals surface area (Å²) >= 11 is 5.86. The van der Waals surface area contributed by atoms with Crippen LogP contribution in [-0.2, 0) is 0 Å². The van der Waals surface area contributed by atoms with Crippen LogP contribution < -0.4 is 10.2 Å². The fourth-order valence-corrected chi connectivity index (χ4v) is 2.79. The molecule has 1 fully saturated rings. The molecule has 3 heterocycles. The first-order valence-corrected chi connectivity index (χ1v) is 7.90. The summed E-state index contributed by atoms with van der Waals surface area (Å²) in [5.74, 6) is 1.73. The van der Waals surface area contributed by atoms with E-state index in [2.05, 4.69) is 31.2 Å². The third kappa shape index (κ3) is 3.69. The van der Waals surface area contributed by atoms with E-state index in [1.807, 2.05) is 13.0 Å². The Balaban J connectivity index is 1.59. The lowest BCUT2D eigenvalue weighted by Gasteiger charge is -2.33. The van der Waals surface area contributed by atoms with Crippen molar-refractivity contribution in [3.8, 4) is 6.07 Å². The highest BCUT2D eigenvalue weighted by atomic mass is 35.5. The molecule has 0 aromatic carbocycles. The molecule has 0 atom stereocenters. The van der Waals surface area contributed by atoms with Crippen molar-refractivity contribution in [2.45, 2.75) is 25.8 Å². The molecule has 118 valence electrons. The van der Waals surface area contributed by atoms with E-state index in [0.717, 1.165) is 43.1 Å². The minimum absolute atomic E-state index is 0.261. The van der Waals surface area contributed by atoms with E-state index in [-0.39, 0.29) is 5.28 Å². The number of anilines is 2. The zero-order chi connectivity index (χ0) is 16.2. The predicted octanol–water partition coefficient (Wildman–Crippen LogP) is 2.79. The largest absolute Gasteiger partial charge is 0.367 e. The number of aryl methyl sites for hydroxylation is 1. The van der Waals surface area contributed by atoms with Crippen molar-refractivity contribution in [1.29, 1.82) is 5.26 Å². The highest BCUT2D eigenvalue weighted by molar-refractivity contribution is 6.28. The lowest BCUT2D eigenvalue weighted by atomic mass is 10.0. The number of hydrogen-bond donors (Lipinski definition) is 1. The second-order valence-electron chi connectivity index (χ2n) is 5.59. The molecule has 0 amide bonds. The van der Waals surface area contributed by atoms with E-state index in [4.69, 9.17) is 16.9 Å². The molecular formula is C16H17ClN6. The summed E-state index contributed by atoms with van der Waals surface area (Å²) in [6.45, 7) is 3.79. The Morgan fingerprint density at radius 3 is 2.70 bits per heavy atom. The van der Waals surface area contributed by atoms with Crippen LogP contribution in [-0.4, -0.2) is 34.1 Å². The molecule has 2 aromatic rings. The molecule has 1 saturated heterocycles. The van der Waals surface area contributed by atoms with Gasteiger partial charge in [0.25, 0.3) is 0 Å². The minimum Gasteiger partial charge on any atom is -0.367 e. The van der Waals surface area contributed by atoms with Crippen molar-refractivity contribution >= 4 is 23.2 Å². The number of piperidine rings is 1. The number of rotatable bonds is 3. The molecule has 1 aliphatic rings. The molecule has 0 saturated carbocycles. The normalized spacial score (nSPS) is 15.3. The van der Waals surface area contributed by atoms with Gasteiger partial charge in [0.1, 0.15) is 17.7 Å². The minimum atomic E-state index is 0.261. The summed E-state index contributed by atoms with van der Waals surface area (Å²) in [4.78, 5) is 14.8. The Kier molecular flexibility index (Phi) is 4.58. The fourth-order valence-electron chi connectivity index (χ4n) is 2.65. The third-order valence-electron chi connectivity index (χ3n) is 3.98. The van der Waals surface area contributed by atoms with Gasteiger partial charge in [0.15, 0.2) is 0 Å². The summed E-state index contributed by atoms with van der Waals surface area (Å²) < 4.78 is 0. The summed E-state index contributed by atoms with van der Waals surface area (Å²) in [6, 6.07) is 6.15. The van der Waals surface area contributed by atoms with Crippen molar-refractivity contribution in [2.75, 3.05) is 23.3 Å². The topological polar surface area (TPSA) is 77.7 Å². The highest BCUT2D eigenvalue weighted by Crippen LogP contribution is 2.21. The number of nitrogens with zero attached hydrogens (tertiary/aromatic N) is 5. The van der Waals surface area contributed by atoms with E-state index in [1.54, 1.807) is 18.5 Å². The molecule has 0 unspecified atom stereocenters. The van der Waals surface area contributed by atoms with Crippen molar-refractivity contribution in [1.82, 2.24) is 15.0 Å². The van der Waals surface area contributed by atoms with Gasteiger partial charge in [-0.15, -0.1) is 0 Å². The van der Waals surface area contributed by atoms with Crippen LogP contribution in [0.15, 0.2) is 24.5 Å². The standard InChI is InChI=1S/C16H17ClN6/c1-11-9-20-16(17)22-15(11)21-13-4-6-23(7-5-13)14-3-2-12(8-18)10-19-14/h2-3,9-10,13H,4-7H2,1H3,(H,20,21,22). The van der Waals surface area contributed by atoms with Gasteiger partial charge in [0.05, 0.1) is 5.56 Å². The lowest BCUT2D eigenvalue weighted by molar-refractivity contribution is 0.522. The van der Waals surface area contributed by atoms with Gasteiger partial charge in [0.2, 0.25) is 5.28 Å². The Hall–Kier alpha value is -2.39. The van der Waals surface area contributed by atoms with E-state index < -0.39 is 0 Å². The molecule has 1 aliphatic heterocycles. The maximum absolute atomic E-state index is 8.82. The van der Waals surface area contributed by atoms with Crippen LogP contribution in [0.5, 0.6) is 0 Å². The van der Waals surface area contributed by atoms with E-state index in [1.165, 1.54) is 0 Å². The molecule has 0 spiro atoms. The van der Waals surface area contributed by atoms with Gasteiger partial charge >= 0.3 is 0 Å². The molecule has 0 bridgehead atoms. The molecule has 7 heteroatoms. The fraction of sp³-hybridized carbons (Fsp3) is 0.375. The Labute approximate surface area is 140 Å². The van der Waals surface area contributed by atoms with Gasteiger partial charge in [-0.2, -0.15) is 5.26 Å². The number of nitrogens with one attached hydrogen (secondary N) is 1. The van der Waals surface area contributed by atoms with E-state index in [0.29, 0.717) is 11.6 Å². The first-order valence-electron chi connectivity index (χ1n) is 7.52. The Morgan fingerprint density at radius 2 is 2.04 bits per heavy atom. The molecule has 2 aromatic heterocycles. The average molecular weight is 329 g/mol. The first kappa shape index (κ1) is 15.5. The van der Waals surface area contributed by atoms with E-state index >= 15 is 0 Å². The molecule has 1 N–H and O–H groups in total. The van der Waals surface area contributed by atoms with Gasteiger partial charge in [-0.25, -0.2) is 15.0 Å². The van der Waals surface area contributed by atoms with E-state index in [9.17, 15) is 0 Å². The maximum atomic E-state index is 8.82. The quantitative estimate of drug-likeness (QED) is 0.873. The van der Waals surface area contributed by atoms with Gasteiger partial charge in [-0.1, -0.05) is 0 Å². The van der Waals surface area contributed by atoms with Crippen molar-refractivity contribution in [3.05, 3.63) is 40.9 Å². The smallest absolute Gasteiger partial charge is 0.224 e. The molecule has 6 nitrogen and oxygen atoms in total. The first-order chi connectivity index (χ1) is 11.2. The number of halogens is 1. The van der Waals surface area contributed by atoms with Crippen LogP contribution in [0.3, 0.4) is 0 Å². The van der Waals surface area contributed by atoms with Crippen LogP contribution in [0.25, 0.3) is 0 Å². The number of hydrogen-bond acceptors (Lipinski definition) is 6. The summed E-state index contributed by atoms with van der Waals surface area (Å²) in [6.07, 6.45) is 5.32. The van der Waals surface area contributed by atoms with Gasteiger partial charge < -0.3 is 10.2 Å². The molecule has 0 aliphatic carbocycles. The van der Waals surface area contributed by atoms with Crippen LogP contribution in [0.2, 0.25) is 5.28 Å². The van der Waals surface area contributed by atoms with Crippen LogP contribution >= 0.6 is 11.6 Å². The number of nitriles is 1. The van der Waals surface area contributed by atoms with Crippen LogP contribution in [0, 0.1) is 18.3 Å². The highest BCUT2D eigenvalue weighted by Gasteiger charge is 2.21. The average Bonchev–Trinajstić information content (AvgIpc) is 2.59. The molecular weight excluding hydrogens is 312 g/mol. The maximum Gasteiger partial charge on any atom is 0.224 e. The summed E-state index contributed by atoms with van der Waals surface area (Å²) in [7, 11) is 0. The van der Waals surface area contributed by atoms with Gasteiger partial charge in [-0.3, -0.25) is 0 Å². The van der Waals surface area contributed by atoms with Crippen molar-refractivity contribution < 1.29 is 0 Å². The third-order valence-corrected chi connectivity index (χ3v) is 4.16. The zero-order valence-electron chi connectivity index (χ0n) is 12.8. The summed E-state index contributed by atoms with van der Waals surface area (Å²) in [5, 5.41) is 12.5. The van der Waals surface area contributed by atoms with Crippen molar-refractivity contribution in [3.63, 3.8) is 0 Å². The van der Waals surface area contributed by atoms with Gasteiger partial charge in [0, 0.05) is 37.1 Å². The second kappa shape index (κ2) is 6.80. The SMILES string of the molecule is Cc1cnc(Cl)nc1NC1CCN(c2ccc(C#N)cn2)CC1. The van der Waals surface area contributed by atoms with Gasteiger partial charge in [-0.05, 0) is 43.5 Å². The predicted molar refractivity (Wildman–Crippen MR) is 89.6 cm³/mol. The molecule has 0 radical (unpaired) electrons. The van der Waals surface area contributed by atoms with Crippen molar-refractivity contribution in [2.24, 2.45) is 0 Å². The molecule has 3 rings (SSSR count). The second-order valence-corrected chi connectivity index (χ2v) is 5.93. The lowest BCUT2D eigenvalue weighted by Crippen LogP contribution is -2.39. The zero-order valence-corrected chi connectivity index (χ0v) is 13.6. The van der Waals surface area contributed by atoms with Crippen LogP contribution in [0.1, 0.15) is 24.0 Å². The summed E-state index contributed by atoms with van der Waals surface area (Å²) in [5.41, 5.74) is 1.58. The Bertz CT molecular complexity index is 716.